The number of esters is 2. The van der Waals surface area contributed by atoms with Gasteiger partial charge in [0.25, 0.3) is 0 Å². The Balaban J connectivity index is 1.23. The molecule has 3 aliphatic heterocycles. The highest BCUT2D eigenvalue weighted by atomic mass is 35.5. The first-order valence-electron chi connectivity index (χ1n) is 15.1. The molecule has 0 saturated carbocycles. The van der Waals surface area contributed by atoms with E-state index >= 15 is 0 Å². The highest BCUT2D eigenvalue weighted by molar-refractivity contribution is 6.30. The fourth-order valence-electron chi connectivity index (χ4n) is 5.40. The monoisotopic (exact) mass is 617 g/mol. The Kier molecular flexibility index (Phi) is 10.8. The molecule has 2 N–H and O–H groups in total. The maximum atomic E-state index is 13.4. The highest BCUT2D eigenvalue weighted by Gasteiger charge is 2.60. The zero-order valence-corrected chi connectivity index (χ0v) is 25.2. The van der Waals surface area contributed by atoms with Gasteiger partial charge in [-0.3, -0.25) is 0 Å². The Hall–Kier alpha value is -2.89. The van der Waals surface area contributed by atoms with Gasteiger partial charge in [0.2, 0.25) is 0 Å². The number of hydrogen-bond donors (Lipinski definition) is 2. The zero-order chi connectivity index (χ0) is 30.2. The lowest BCUT2D eigenvalue weighted by molar-refractivity contribution is -0.207. The summed E-state index contributed by atoms with van der Waals surface area (Å²) in [7, 11) is 0. The maximum absolute atomic E-state index is 13.4. The Bertz CT molecular complexity index is 1210. The lowest BCUT2D eigenvalue weighted by Crippen LogP contribution is -2.56. The van der Waals surface area contributed by atoms with Crippen molar-refractivity contribution >= 4 is 23.5 Å². The van der Waals surface area contributed by atoms with E-state index in [-0.39, 0.29) is 43.0 Å². The number of benzene rings is 2. The number of halogens is 1. The van der Waals surface area contributed by atoms with Crippen LogP contribution in [0.4, 0.5) is 0 Å². The third-order valence-electron chi connectivity index (χ3n) is 7.84. The van der Waals surface area contributed by atoms with Gasteiger partial charge in [-0.15, -0.1) is 0 Å². The molecule has 43 heavy (non-hydrogen) atoms. The minimum atomic E-state index is -2.42. The summed E-state index contributed by atoms with van der Waals surface area (Å²) < 4.78 is 34.2. The molecule has 2 aromatic rings. The number of fused-ring (bicyclic) bond motifs is 1. The van der Waals surface area contributed by atoms with Gasteiger partial charge in [-0.25, -0.2) is 9.59 Å². The third kappa shape index (κ3) is 8.19. The molecule has 11 heteroatoms. The molecule has 234 valence electrons. The van der Waals surface area contributed by atoms with E-state index in [0.717, 1.165) is 49.7 Å². The molecule has 2 unspecified atom stereocenters. The van der Waals surface area contributed by atoms with Gasteiger partial charge in [-0.2, -0.15) is 0 Å². The number of hydrogen-bond acceptors (Lipinski definition) is 10. The van der Waals surface area contributed by atoms with E-state index in [0.29, 0.717) is 31.2 Å². The van der Waals surface area contributed by atoms with Crippen molar-refractivity contribution in [1.29, 1.82) is 0 Å². The predicted molar refractivity (Wildman–Crippen MR) is 157 cm³/mol. The van der Waals surface area contributed by atoms with Crippen molar-refractivity contribution < 1.29 is 43.1 Å². The van der Waals surface area contributed by atoms with E-state index < -0.39 is 23.8 Å². The summed E-state index contributed by atoms with van der Waals surface area (Å²) in [5.41, 5.74) is 1.61. The number of nitrogens with one attached hydrogen (secondary N) is 1. The van der Waals surface area contributed by atoms with Crippen molar-refractivity contribution in [2.45, 2.75) is 82.0 Å². The number of carbonyl (C=O) groups excluding carboxylic acids is 2. The molecule has 0 bridgehead atoms. The largest absolute Gasteiger partial charge is 0.457 e. The predicted octanol–water partition coefficient (Wildman–Crippen LogP) is 4.29. The fraction of sp³-hybridized carbons (Fsp3) is 0.562. The average molecular weight is 618 g/mol. The third-order valence-corrected chi connectivity index (χ3v) is 8.07. The molecule has 0 spiro atoms. The van der Waals surface area contributed by atoms with Crippen molar-refractivity contribution in [3.63, 3.8) is 0 Å². The minimum absolute atomic E-state index is 0.0140. The summed E-state index contributed by atoms with van der Waals surface area (Å²) in [4.78, 5) is 26.8. The van der Waals surface area contributed by atoms with Crippen molar-refractivity contribution in [3.05, 3.63) is 58.6 Å². The van der Waals surface area contributed by atoms with Crippen LogP contribution in [-0.4, -0.2) is 74.1 Å². The number of carbonyl (C=O) groups is 2. The van der Waals surface area contributed by atoms with Crippen LogP contribution in [0.3, 0.4) is 0 Å². The van der Waals surface area contributed by atoms with Gasteiger partial charge in [-0.05, 0) is 87.3 Å². The van der Waals surface area contributed by atoms with Crippen LogP contribution in [0.15, 0.2) is 42.5 Å². The molecule has 0 radical (unpaired) electrons. The summed E-state index contributed by atoms with van der Waals surface area (Å²) in [5.74, 6) is -3.93. The number of aliphatic hydroxyl groups excluding tert-OH is 1. The van der Waals surface area contributed by atoms with Gasteiger partial charge in [0.05, 0.1) is 18.3 Å². The maximum Gasteiger partial charge on any atom is 0.453 e. The van der Waals surface area contributed by atoms with Crippen molar-refractivity contribution in [3.8, 4) is 11.5 Å². The molecular formula is C32H40ClNO9. The van der Waals surface area contributed by atoms with Crippen LogP contribution >= 0.6 is 11.6 Å². The van der Waals surface area contributed by atoms with Crippen LogP contribution < -0.4 is 14.8 Å². The summed E-state index contributed by atoms with van der Waals surface area (Å²) >= 11 is 6.05. The second kappa shape index (κ2) is 14.7. The van der Waals surface area contributed by atoms with E-state index in [9.17, 15) is 14.7 Å². The first kappa shape index (κ1) is 31.5. The number of ether oxygens (including phenoxy) is 6. The highest BCUT2D eigenvalue weighted by Crippen LogP contribution is 2.41. The van der Waals surface area contributed by atoms with E-state index in [1.807, 2.05) is 19.1 Å². The van der Waals surface area contributed by atoms with Gasteiger partial charge in [0, 0.05) is 30.8 Å². The van der Waals surface area contributed by atoms with Crippen LogP contribution in [0.1, 0.15) is 62.7 Å². The average Bonchev–Trinajstić information content (AvgIpc) is 3.42. The molecule has 4 atom stereocenters. The zero-order valence-electron chi connectivity index (χ0n) is 24.4. The second-order valence-corrected chi connectivity index (χ2v) is 11.8. The number of aliphatic hydroxyl groups is 1. The second-order valence-electron chi connectivity index (χ2n) is 11.4. The topological polar surface area (TPSA) is 122 Å². The first-order valence-corrected chi connectivity index (χ1v) is 15.5. The Morgan fingerprint density at radius 1 is 0.953 bits per heavy atom. The van der Waals surface area contributed by atoms with E-state index in [1.165, 1.54) is 0 Å². The smallest absolute Gasteiger partial charge is 0.453 e. The summed E-state index contributed by atoms with van der Waals surface area (Å²) in [6, 6.07) is 12.4. The van der Waals surface area contributed by atoms with E-state index in [1.54, 1.807) is 30.3 Å². The molecule has 10 nitrogen and oxygen atoms in total. The summed E-state index contributed by atoms with van der Waals surface area (Å²) in [6.07, 6.45) is 4.78. The molecule has 0 aromatic heterocycles. The van der Waals surface area contributed by atoms with Gasteiger partial charge in [0.1, 0.15) is 13.2 Å². The Morgan fingerprint density at radius 2 is 1.60 bits per heavy atom. The summed E-state index contributed by atoms with van der Waals surface area (Å²) in [5, 5.41) is 14.4. The van der Waals surface area contributed by atoms with Crippen LogP contribution in [-0.2, 0) is 35.0 Å². The van der Waals surface area contributed by atoms with Crippen LogP contribution in [0.25, 0.3) is 0 Å². The molecule has 3 heterocycles. The van der Waals surface area contributed by atoms with Crippen molar-refractivity contribution in [1.82, 2.24) is 5.32 Å². The first-order chi connectivity index (χ1) is 20.8. The van der Waals surface area contributed by atoms with Gasteiger partial charge in [0.15, 0.2) is 11.5 Å². The van der Waals surface area contributed by atoms with Crippen LogP contribution in [0.2, 0.25) is 5.02 Å². The minimum Gasteiger partial charge on any atom is -0.457 e. The quantitative estimate of drug-likeness (QED) is 0.264. The molecule has 0 amide bonds. The molecular weight excluding hydrogens is 578 g/mol. The van der Waals surface area contributed by atoms with Crippen LogP contribution in [0.5, 0.6) is 11.5 Å². The van der Waals surface area contributed by atoms with Gasteiger partial charge in [-0.1, -0.05) is 29.8 Å². The molecule has 2 fully saturated rings. The standard InChI is InChI=1S/C32H40ClNO9/c1-21(34-18-27(35)23-7-6-8-24(33)17-23)15-22-11-12-28-29(16-22)43-32(42-28,30(36)40-19-25-9-2-4-13-38-25)31(37)41-20-26-10-3-5-14-39-26/h6-8,11-12,16-17,21,25-27,34-35H,2-5,9-10,13-15,18-20H2,1H3/t21-,25?,26?,27+,32?/m1/s1. The normalized spacial score (nSPS) is 24.6. The van der Waals surface area contributed by atoms with Gasteiger partial charge >= 0.3 is 17.7 Å². The van der Waals surface area contributed by atoms with Crippen molar-refractivity contribution in [2.75, 3.05) is 33.0 Å². The van der Waals surface area contributed by atoms with E-state index in [4.69, 9.17) is 40.0 Å². The molecule has 0 aliphatic carbocycles. The lowest BCUT2D eigenvalue weighted by atomic mass is 10.1. The summed E-state index contributed by atoms with van der Waals surface area (Å²) in [6.45, 7) is 3.50. The molecule has 2 aromatic carbocycles. The molecule has 5 rings (SSSR count). The molecule has 3 aliphatic rings. The van der Waals surface area contributed by atoms with Crippen LogP contribution in [0, 0.1) is 0 Å². The lowest BCUT2D eigenvalue weighted by Gasteiger charge is -2.27. The fourth-order valence-corrected chi connectivity index (χ4v) is 5.60. The number of rotatable bonds is 12. The SMILES string of the molecule is C[C@H](Cc1ccc2c(c1)OC(C(=O)OCC1CCCCO1)(C(=O)OCC1CCCCO1)O2)NC[C@H](O)c1cccc(Cl)c1. The van der Waals surface area contributed by atoms with Crippen molar-refractivity contribution in [2.24, 2.45) is 0 Å². The molecule has 2 saturated heterocycles. The Labute approximate surface area is 256 Å². The van der Waals surface area contributed by atoms with E-state index in [2.05, 4.69) is 5.32 Å². The van der Waals surface area contributed by atoms with Gasteiger partial charge < -0.3 is 38.8 Å². The Morgan fingerprint density at radius 3 is 2.21 bits per heavy atom.